The van der Waals surface area contributed by atoms with Gasteiger partial charge in [0.05, 0.1) is 0 Å². The summed E-state index contributed by atoms with van der Waals surface area (Å²) < 4.78 is 0.993. The summed E-state index contributed by atoms with van der Waals surface area (Å²) in [4.78, 5) is 12.6. The van der Waals surface area contributed by atoms with E-state index in [9.17, 15) is 4.79 Å². The molecule has 98 valence electrons. The van der Waals surface area contributed by atoms with E-state index in [1.54, 1.807) is 0 Å². The fraction of sp³-hybridized carbons (Fsp3) is 0.235. The molecule has 0 aliphatic rings. The molecule has 0 spiro atoms. The number of rotatable bonds is 4. The molecule has 0 fully saturated rings. The smallest absolute Gasteiger partial charge is 0.147 e. The van der Waals surface area contributed by atoms with E-state index in [1.165, 1.54) is 0 Å². The lowest BCUT2D eigenvalue weighted by Crippen LogP contribution is -2.30. The second-order valence-electron chi connectivity index (χ2n) is 5.18. The summed E-state index contributed by atoms with van der Waals surface area (Å²) in [6.07, 6.45) is 0.448. The van der Waals surface area contributed by atoms with Gasteiger partial charge in [-0.2, -0.15) is 0 Å². The number of carbonyl (C=O) groups is 1. The van der Waals surface area contributed by atoms with Crippen LogP contribution in [0.25, 0.3) is 0 Å². The zero-order valence-electron chi connectivity index (χ0n) is 11.2. The average molecular weight is 317 g/mol. The zero-order chi connectivity index (χ0) is 13.9. The van der Waals surface area contributed by atoms with Crippen LogP contribution >= 0.6 is 15.9 Å². The Kier molecular flexibility index (Phi) is 4.20. The average Bonchev–Trinajstić information content (AvgIpc) is 2.42. The van der Waals surface area contributed by atoms with Crippen LogP contribution in [0.2, 0.25) is 0 Å². The molecule has 2 aromatic rings. The largest absolute Gasteiger partial charge is 0.298 e. The molecule has 0 heterocycles. The van der Waals surface area contributed by atoms with Crippen molar-refractivity contribution in [2.24, 2.45) is 0 Å². The maximum Gasteiger partial charge on any atom is 0.147 e. The Morgan fingerprint density at radius 1 is 1.00 bits per heavy atom. The topological polar surface area (TPSA) is 17.1 Å². The van der Waals surface area contributed by atoms with E-state index in [-0.39, 0.29) is 5.78 Å². The van der Waals surface area contributed by atoms with Crippen molar-refractivity contribution in [3.05, 3.63) is 70.2 Å². The van der Waals surface area contributed by atoms with Gasteiger partial charge in [-0.3, -0.25) is 4.79 Å². The van der Waals surface area contributed by atoms with Crippen LogP contribution in [0.1, 0.15) is 25.0 Å². The summed E-state index contributed by atoms with van der Waals surface area (Å²) in [5, 5.41) is 0. The van der Waals surface area contributed by atoms with Crippen molar-refractivity contribution in [2.45, 2.75) is 25.7 Å². The maximum absolute atomic E-state index is 12.6. The fourth-order valence-electron chi connectivity index (χ4n) is 2.05. The summed E-state index contributed by atoms with van der Waals surface area (Å²) in [5.74, 6) is 0.227. The van der Waals surface area contributed by atoms with Gasteiger partial charge in [0.2, 0.25) is 0 Å². The van der Waals surface area contributed by atoms with E-state index < -0.39 is 5.41 Å². The first kappa shape index (κ1) is 14.0. The Morgan fingerprint density at radius 2 is 1.58 bits per heavy atom. The lowest BCUT2D eigenvalue weighted by molar-refractivity contribution is -0.122. The highest BCUT2D eigenvalue weighted by molar-refractivity contribution is 9.10. The fourth-order valence-corrected chi connectivity index (χ4v) is 2.48. The monoisotopic (exact) mass is 316 g/mol. The van der Waals surface area contributed by atoms with E-state index in [1.807, 2.05) is 68.4 Å². The van der Waals surface area contributed by atoms with E-state index in [2.05, 4.69) is 15.9 Å². The Hall–Kier alpha value is -1.41. The molecule has 0 aliphatic heterocycles. The molecule has 19 heavy (non-hydrogen) atoms. The van der Waals surface area contributed by atoms with Crippen LogP contribution < -0.4 is 0 Å². The van der Waals surface area contributed by atoms with Gasteiger partial charge in [-0.05, 0) is 31.0 Å². The molecule has 1 nitrogen and oxygen atoms in total. The summed E-state index contributed by atoms with van der Waals surface area (Å²) in [7, 11) is 0. The van der Waals surface area contributed by atoms with Crippen LogP contribution in [0.15, 0.2) is 59.1 Å². The first-order valence-corrected chi connectivity index (χ1v) is 7.13. The van der Waals surface area contributed by atoms with Gasteiger partial charge in [-0.25, -0.2) is 0 Å². The minimum absolute atomic E-state index is 0.227. The quantitative estimate of drug-likeness (QED) is 0.809. The zero-order valence-corrected chi connectivity index (χ0v) is 12.8. The van der Waals surface area contributed by atoms with E-state index >= 15 is 0 Å². The van der Waals surface area contributed by atoms with Gasteiger partial charge in [0.1, 0.15) is 5.78 Å². The maximum atomic E-state index is 12.6. The summed E-state index contributed by atoms with van der Waals surface area (Å²) in [6.45, 7) is 3.98. The minimum Gasteiger partial charge on any atom is -0.298 e. The number of Topliss-reactive ketones (excluding diaryl/α,β-unsaturated/α-hetero) is 1. The molecule has 0 unspecified atom stereocenters. The van der Waals surface area contributed by atoms with E-state index in [4.69, 9.17) is 0 Å². The summed E-state index contributed by atoms with van der Waals surface area (Å²) in [6, 6.07) is 17.8. The molecule has 0 amide bonds. The Morgan fingerprint density at radius 3 is 2.21 bits per heavy atom. The van der Waals surface area contributed by atoms with Crippen LogP contribution in [0.5, 0.6) is 0 Å². The highest BCUT2D eigenvalue weighted by atomic mass is 79.9. The summed E-state index contributed by atoms with van der Waals surface area (Å²) in [5.41, 5.74) is 1.64. The lowest BCUT2D eigenvalue weighted by Gasteiger charge is -2.24. The molecule has 0 aliphatic carbocycles. The predicted molar refractivity (Wildman–Crippen MR) is 82.3 cm³/mol. The molecular weight excluding hydrogens is 300 g/mol. The van der Waals surface area contributed by atoms with Crippen molar-refractivity contribution in [1.29, 1.82) is 0 Å². The SMILES string of the molecule is CC(C)(C(=O)Cc1ccccc1Br)c1ccccc1. The van der Waals surface area contributed by atoms with Crippen molar-refractivity contribution in [3.63, 3.8) is 0 Å². The lowest BCUT2D eigenvalue weighted by atomic mass is 9.78. The van der Waals surface area contributed by atoms with E-state index in [0.717, 1.165) is 15.6 Å². The molecule has 0 saturated carbocycles. The van der Waals surface area contributed by atoms with Gasteiger partial charge in [0, 0.05) is 16.3 Å². The first-order chi connectivity index (χ1) is 9.01. The van der Waals surface area contributed by atoms with Crippen molar-refractivity contribution in [2.75, 3.05) is 0 Å². The Bertz CT molecular complexity index is 573. The summed E-state index contributed by atoms with van der Waals surface area (Å²) >= 11 is 3.50. The molecule has 0 radical (unpaired) electrons. The van der Waals surface area contributed by atoms with Gasteiger partial charge in [0.25, 0.3) is 0 Å². The van der Waals surface area contributed by atoms with Crippen molar-refractivity contribution in [1.82, 2.24) is 0 Å². The molecule has 0 bridgehead atoms. The molecule has 2 aromatic carbocycles. The van der Waals surface area contributed by atoms with Crippen LogP contribution in [-0.4, -0.2) is 5.78 Å². The number of halogens is 1. The molecule has 0 aromatic heterocycles. The number of ketones is 1. The molecule has 0 N–H and O–H groups in total. The number of hydrogen-bond donors (Lipinski definition) is 0. The third kappa shape index (κ3) is 3.13. The van der Waals surface area contributed by atoms with Gasteiger partial charge in [-0.1, -0.05) is 64.5 Å². The number of hydrogen-bond acceptors (Lipinski definition) is 1. The number of carbonyl (C=O) groups excluding carboxylic acids is 1. The molecule has 2 rings (SSSR count). The van der Waals surface area contributed by atoms with Gasteiger partial charge in [0.15, 0.2) is 0 Å². The van der Waals surface area contributed by atoms with E-state index in [0.29, 0.717) is 6.42 Å². The third-order valence-corrected chi connectivity index (χ3v) is 4.28. The Balaban J connectivity index is 2.23. The second-order valence-corrected chi connectivity index (χ2v) is 6.04. The Labute approximate surface area is 122 Å². The number of benzene rings is 2. The van der Waals surface area contributed by atoms with Crippen LogP contribution in [0, 0.1) is 0 Å². The molecule has 2 heteroatoms. The van der Waals surface area contributed by atoms with Crippen LogP contribution in [0.4, 0.5) is 0 Å². The second kappa shape index (κ2) is 5.70. The highest BCUT2D eigenvalue weighted by Gasteiger charge is 2.29. The normalized spacial score (nSPS) is 11.3. The molecular formula is C17H17BrO. The molecule has 0 atom stereocenters. The highest BCUT2D eigenvalue weighted by Crippen LogP contribution is 2.27. The van der Waals surface area contributed by atoms with Gasteiger partial charge >= 0.3 is 0 Å². The standard InChI is InChI=1S/C17H17BrO/c1-17(2,14-9-4-3-5-10-14)16(19)12-13-8-6-7-11-15(13)18/h3-11H,12H2,1-2H3. The van der Waals surface area contributed by atoms with Crippen LogP contribution in [-0.2, 0) is 16.6 Å². The first-order valence-electron chi connectivity index (χ1n) is 6.34. The predicted octanol–water partition coefficient (Wildman–Crippen LogP) is 4.54. The molecule has 0 saturated heterocycles. The van der Waals surface area contributed by atoms with Crippen molar-refractivity contribution < 1.29 is 4.79 Å². The van der Waals surface area contributed by atoms with Crippen molar-refractivity contribution >= 4 is 21.7 Å². The van der Waals surface area contributed by atoms with Crippen LogP contribution in [0.3, 0.4) is 0 Å². The van der Waals surface area contributed by atoms with Gasteiger partial charge < -0.3 is 0 Å². The van der Waals surface area contributed by atoms with Crippen molar-refractivity contribution in [3.8, 4) is 0 Å². The third-order valence-electron chi connectivity index (χ3n) is 3.50. The minimum atomic E-state index is -0.462. The van der Waals surface area contributed by atoms with Gasteiger partial charge in [-0.15, -0.1) is 0 Å².